The summed E-state index contributed by atoms with van der Waals surface area (Å²) in [6, 6.07) is 35.6. The SMILES string of the molecule is Cc1cccc(-c2nc(-c3cccc(-c4ccccc4)c3)nc3ccccc23)c1. The number of fused-ring (bicyclic) bond motifs is 1. The van der Waals surface area contributed by atoms with Gasteiger partial charge in [0.2, 0.25) is 0 Å². The summed E-state index contributed by atoms with van der Waals surface area (Å²) in [5.41, 5.74) is 7.64. The molecule has 138 valence electrons. The van der Waals surface area contributed by atoms with Gasteiger partial charge in [-0.05, 0) is 36.2 Å². The molecule has 2 nitrogen and oxygen atoms in total. The molecule has 1 aromatic heterocycles. The zero-order valence-electron chi connectivity index (χ0n) is 16.2. The number of para-hydroxylation sites is 1. The summed E-state index contributed by atoms with van der Waals surface area (Å²) >= 11 is 0. The van der Waals surface area contributed by atoms with Gasteiger partial charge in [0.05, 0.1) is 11.2 Å². The average Bonchev–Trinajstić information content (AvgIpc) is 2.79. The normalized spacial score (nSPS) is 10.9. The first kappa shape index (κ1) is 17.3. The lowest BCUT2D eigenvalue weighted by Gasteiger charge is -2.11. The van der Waals surface area contributed by atoms with Crippen LogP contribution in [0.25, 0.3) is 44.7 Å². The summed E-state index contributed by atoms with van der Waals surface area (Å²) in [5, 5.41) is 1.07. The van der Waals surface area contributed by atoms with E-state index in [9.17, 15) is 0 Å². The second-order valence-electron chi connectivity index (χ2n) is 7.23. The lowest BCUT2D eigenvalue weighted by molar-refractivity contribution is 1.23. The maximum Gasteiger partial charge on any atom is 0.160 e. The van der Waals surface area contributed by atoms with Gasteiger partial charge in [-0.15, -0.1) is 0 Å². The first-order valence-corrected chi connectivity index (χ1v) is 9.78. The number of rotatable bonds is 3. The highest BCUT2D eigenvalue weighted by Crippen LogP contribution is 2.31. The first-order valence-electron chi connectivity index (χ1n) is 9.78. The van der Waals surface area contributed by atoms with Gasteiger partial charge in [-0.25, -0.2) is 9.97 Å². The van der Waals surface area contributed by atoms with E-state index in [1.54, 1.807) is 0 Å². The van der Waals surface area contributed by atoms with Crippen LogP contribution >= 0.6 is 0 Å². The van der Waals surface area contributed by atoms with Crippen molar-refractivity contribution in [2.24, 2.45) is 0 Å². The molecule has 5 aromatic rings. The molecule has 0 unspecified atom stereocenters. The van der Waals surface area contributed by atoms with Crippen molar-refractivity contribution in [2.45, 2.75) is 6.92 Å². The van der Waals surface area contributed by atoms with Crippen LogP contribution in [0.1, 0.15) is 5.56 Å². The lowest BCUT2D eigenvalue weighted by atomic mass is 10.0. The Labute approximate surface area is 170 Å². The van der Waals surface area contributed by atoms with Crippen LogP contribution in [0.3, 0.4) is 0 Å². The van der Waals surface area contributed by atoms with Crippen molar-refractivity contribution in [2.75, 3.05) is 0 Å². The predicted molar refractivity (Wildman–Crippen MR) is 121 cm³/mol. The topological polar surface area (TPSA) is 25.8 Å². The van der Waals surface area contributed by atoms with Crippen molar-refractivity contribution in [3.63, 3.8) is 0 Å². The quantitative estimate of drug-likeness (QED) is 0.343. The largest absolute Gasteiger partial charge is 0.228 e. The van der Waals surface area contributed by atoms with Gasteiger partial charge in [0.1, 0.15) is 0 Å². The number of hydrogen-bond acceptors (Lipinski definition) is 2. The number of hydrogen-bond donors (Lipinski definition) is 0. The molecule has 0 spiro atoms. The predicted octanol–water partition coefficient (Wildman–Crippen LogP) is 6.94. The van der Waals surface area contributed by atoms with E-state index in [-0.39, 0.29) is 0 Å². The molecule has 0 radical (unpaired) electrons. The van der Waals surface area contributed by atoms with Crippen LogP contribution in [0, 0.1) is 6.92 Å². The van der Waals surface area contributed by atoms with Crippen LogP contribution in [0.4, 0.5) is 0 Å². The second kappa shape index (κ2) is 7.33. The van der Waals surface area contributed by atoms with Gasteiger partial charge in [0.15, 0.2) is 5.82 Å². The van der Waals surface area contributed by atoms with Crippen molar-refractivity contribution < 1.29 is 0 Å². The number of nitrogens with zero attached hydrogens (tertiary/aromatic N) is 2. The molecule has 0 aliphatic rings. The Hall–Kier alpha value is -3.78. The third-order valence-electron chi connectivity index (χ3n) is 5.12. The number of benzene rings is 4. The molecule has 0 bridgehead atoms. The molecule has 1 heterocycles. The maximum atomic E-state index is 5.01. The molecular formula is C27H20N2. The third-order valence-corrected chi connectivity index (χ3v) is 5.12. The summed E-state index contributed by atoms with van der Waals surface area (Å²) in [6.45, 7) is 2.11. The third kappa shape index (κ3) is 3.41. The molecule has 4 aromatic carbocycles. The molecule has 0 saturated heterocycles. The number of aryl methyl sites for hydroxylation is 1. The van der Waals surface area contributed by atoms with Crippen LogP contribution in [0.2, 0.25) is 0 Å². The van der Waals surface area contributed by atoms with Gasteiger partial charge in [-0.2, -0.15) is 0 Å². The smallest absolute Gasteiger partial charge is 0.160 e. The summed E-state index contributed by atoms with van der Waals surface area (Å²) in [5.74, 6) is 0.748. The molecule has 0 aliphatic heterocycles. The molecule has 2 heteroatoms. The molecule has 29 heavy (non-hydrogen) atoms. The lowest BCUT2D eigenvalue weighted by Crippen LogP contribution is -1.95. The molecule has 0 fully saturated rings. The van der Waals surface area contributed by atoms with E-state index >= 15 is 0 Å². The van der Waals surface area contributed by atoms with E-state index in [4.69, 9.17) is 9.97 Å². The van der Waals surface area contributed by atoms with Gasteiger partial charge in [-0.3, -0.25) is 0 Å². The van der Waals surface area contributed by atoms with Crippen molar-refractivity contribution in [3.8, 4) is 33.8 Å². The Morgan fingerprint density at radius 2 is 1.21 bits per heavy atom. The van der Waals surface area contributed by atoms with E-state index in [0.717, 1.165) is 39.1 Å². The summed E-state index contributed by atoms with van der Waals surface area (Å²) in [6.07, 6.45) is 0. The van der Waals surface area contributed by atoms with E-state index < -0.39 is 0 Å². The van der Waals surface area contributed by atoms with Crippen LogP contribution < -0.4 is 0 Å². The Bertz CT molecular complexity index is 1310. The maximum absolute atomic E-state index is 5.01. The highest BCUT2D eigenvalue weighted by atomic mass is 14.9. The van der Waals surface area contributed by atoms with Gasteiger partial charge in [0, 0.05) is 16.5 Å². The van der Waals surface area contributed by atoms with Gasteiger partial charge < -0.3 is 0 Å². The summed E-state index contributed by atoms with van der Waals surface area (Å²) in [7, 11) is 0. The fraction of sp³-hybridized carbons (Fsp3) is 0.0370. The Morgan fingerprint density at radius 1 is 0.517 bits per heavy atom. The molecular weight excluding hydrogens is 352 g/mol. The van der Waals surface area contributed by atoms with Crippen molar-refractivity contribution in [1.29, 1.82) is 0 Å². The summed E-state index contributed by atoms with van der Waals surface area (Å²) in [4.78, 5) is 9.88. The fourth-order valence-corrected chi connectivity index (χ4v) is 3.69. The molecule has 0 aliphatic carbocycles. The van der Waals surface area contributed by atoms with Gasteiger partial charge in [0.25, 0.3) is 0 Å². The minimum absolute atomic E-state index is 0.748. The number of aromatic nitrogens is 2. The van der Waals surface area contributed by atoms with Crippen molar-refractivity contribution in [1.82, 2.24) is 9.97 Å². The zero-order chi connectivity index (χ0) is 19.6. The zero-order valence-corrected chi connectivity index (χ0v) is 16.2. The first-order chi connectivity index (χ1) is 14.3. The highest BCUT2D eigenvalue weighted by Gasteiger charge is 2.12. The van der Waals surface area contributed by atoms with Crippen molar-refractivity contribution >= 4 is 10.9 Å². The second-order valence-corrected chi connectivity index (χ2v) is 7.23. The highest BCUT2D eigenvalue weighted by molar-refractivity contribution is 5.93. The summed E-state index contributed by atoms with van der Waals surface area (Å²) < 4.78 is 0. The fourth-order valence-electron chi connectivity index (χ4n) is 3.69. The standard InChI is InChI=1S/C27H20N2/c1-19-9-7-13-22(17-19)26-24-15-5-6-16-25(24)28-27(29-26)23-14-8-12-21(18-23)20-10-3-2-4-11-20/h2-18H,1H3. The Kier molecular flexibility index (Phi) is 4.38. The van der Waals surface area contributed by atoms with Gasteiger partial charge >= 0.3 is 0 Å². The van der Waals surface area contributed by atoms with Crippen LogP contribution in [0.15, 0.2) is 103 Å². The average molecular weight is 372 g/mol. The van der Waals surface area contributed by atoms with E-state index in [0.29, 0.717) is 0 Å². The van der Waals surface area contributed by atoms with Crippen LogP contribution in [-0.4, -0.2) is 9.97 Å². The van der Waals surface area contributed by atoms with E-state index in [2.05, 4.69) is 91.9 Å². The molecule has 0 amide bonds. The van der Waals surface area contributed by atoms with Crippen LogP contribution in [0.5, 0.6) is 0 Å². The monoisotopic (exact) mass is 372 g/mol. The molecule has 0 atom stereocenters. The minimum atomic E-state index is 0.748. The van der Waals surface area contributed by atoms with Crippen molar-refractivity contribution in [3.05, 3.63) is 109 Å². The minimum Gasteiger partial charge on any atom is -0.228 e. The molecule has 0 saturated carbocycles. The van der Waals surface area contributed by atoms with E-state index in [1.807, 2.05) is 18.2 Å². The molecule has 0 N–H and O–H groups in total. The van der Waals surface area contributed by atoms with Gasteiger partial charge in [-0.1, -0.05) is 90.5 Å². The van der Waals surface area contributed by atoms with E-state index in [1.165, 1.54) is 11.1 Å². The Morgan fingerprint density at radius 3 is 2.07 bits per heavy atom. The van der Waals surface area contributed by atoms with Crippen LogP contribution in [-0.2, 0) is 0 Å². The Balaban J connectivity index is 1.71. The molecule has 5 rings (SSSR count).